The minimum Gasteiger partial charge on any atom is -0.484 e. The van der Waals surface area contributed by atoms with Crippen LogP contribution >= 0.6 is 15.9 Å². The molecule has 0 aliphatic rings. The van der Waals surface area contributed by atoms with E-state index in [0.717, 1.165) is 21.2 Å². The number of rotatable bonds is 5. The first kappa shape index (κ1) is 18.7. The fourth-order valence-electron chi connectivity index (χ4n) is 2.16. The molecule has 0 aromatic heterocycles. The summed E-state index contributed by atoms with van der Waals surface area (Å²) in [6, 6.07) is 13.2. The summed E-state index contributed by atoms with van der Waals surface area (Å²) in [7, 11) is 0. The number of halogens is 1. The molecule has 0 saturated heterocycles. The number of hydrogen-bond acceptors (Lipinski definition) is 3. The molecule has 2 aromatic rings. The quantitative estimate of drug-likeness (QED) is 0.595. The molecule has 0 saturated carbocycles. The molecule has 0 heterocycles. The molecule has 0 bridgehead atoms. The highest BCUT2D eigenvalue weighted by atomic mass is 79.9. The van der Waals surface area contributed by atoms with E-state index in [1.165, 1.54) is 6.08 Å². The molecule has 25 heavy (non-hydrogen) atoms. The van der Waals surface area contributed by atoms with E-state index in [9.17, 15) is 9.59 Å². The van der Waals surface area contributed by atoms with Crippen LogP contribution in [0.25, 0.3) is 6.08 Å². The zero-order chi connectivity index (χ0) is 18.2. The van der Waals surface area contributed by atoms with E-state index in [1.54, 1.807) is 6.08 Å². The number of amides is 2. The smallest absolute Gasteiger partial charge is 0.276 e. The highest BCUT2D eigenvalue weighted by Gasteiger charge is 2.04. The minimum atomic E-state index is -0.441. The summed E-state index contributed by atoms with van der Waals surface area (Å²) in [5.41, 5.74) is 7.60. The van der Waals surface area contributed by atoms with Crippen LogP contribution in [0, 0.1) is 13.8 Å². The van der Waals surface area contributed by atoms with Crippen molar-refractivity contribution >= 4 is 33.8 Å². The molecule has 5 nitrogen and oxygen atoms in total. The fourth-order valence-corrected chi connectivity index (χ4v) is 2.57. The Bertz CT molecular complexity index is 783. The van der Waals surface area contributed by atoms with Crippen molar-refractivity contribution in [2.45, 2.75) is 13.8 Å². The van der Waals surface area contributed by atoms with Gasteiger partial charge >= 0.3 is 0 Å². The summed E-state index contributed by atoms with van der Waals surface area (Å²) < 4.78 is 6.34. The number of benzene rings is 2. The van der Waals surface area contributed by atoms with Gasteiger partial charge in [0.05, 0.1) is 0 Å². The lowest BCUT2D eigenvalue weighted by Gasteiger charge is -2.09. The SMILES string of the molecule is Cc1cc(C)cc(OCC(=O)NNC(=O)/C=C/c2cccc(Br)c2)c1. The maximum Gasteiger partial charge on any atom is 0.276 e. The number of carbonyl (C=O) groups is 2. The number of aryl methyl sites for hydroxylation is 2. The van der Waals surface area contributed by atoms with Crippen LogP contribution in [0.15, 0.2) is 53.0 Å². The molecule has 0 fully saturated rings. The van der Waals surface area contributed by atoms with Gasteiger partial charge in [-0.2, -0.15) is 0 Å². The number of hydrazine groups is 1. The topological polar surface area (TPSA) is 67.4 Å². The molecule has 2 N–H and O–H groups in total. The number of hydrogen-bond donors (Lipinski definition) is 2. The normalized spacial score (nSPS) is 10.5. The molecule has 2 aromatic carbocycles. The van der Waals surface area contributed by atoms with Gasteiger partial charge in [0.1, 0.15) is 5.75 Å². The lowest BCUT2D eigenvalue weighted by atomic mass is 10.1. The van der Waals surface area contributed by atoms with Crippen LogP contribution in [0.5, 0.6) is 5.75 Å². The summed E-state index contributed by atoms with van der Waals surface area (Å²) in [6.45, 7) is 3.73. The van der Waals surface area contributed by atoms with E-state index in [4.69, 9.17) is 4.74 Å². The molecule has 6 heteroatoms. The molecular weight excluding hydrogens is 384 g/mol. The second kappa shape index (κ2) is 9.03. The van der Waals surface area contributed by atoms with Crippen LogP contribution in [0.2, 0.25) is 0 Å². The molecule has 130 valence electrons. The first-order valence-electron chi connectivity index (χ1n) is 7.66. The van der Waals surface area contributed by atoms with Crippen LogP contribution in [0.3, 0.4) is 0 Å². The lowest BCUT2D eigenvalue weighted by molar-refractivity contribution is -0.128. The highest BCUT2D eigenvalue weighted by Crippen LogP contribution is 2.16. The van der Waals surface area contributed by atoms with Gasteiger partial charge in [-0.05, 0) is 60.9 Å². The zero-order valence-electron chi connectivity index (χ0n) is 14.0. The third-order valence-corrected chi connectivity index (χ3v) is 3.66. The van der Waals surface area contributed by atoms with Crippen LogP contribution in [-0.4, -0.2) is 18.4 Å². The first-order valence-corrected chi connectivity index (χ1v) is 8.45. The van der Waals surface area contributed by atoms with Crippen molar-refractivity contribution in [2.75, 3.05) is 6.61 Å². The van der Waals surface area contributed by atoms with Crippen molar-refractivity contribution in [3.63, 3.8) is 0 Å². The molecule has 0 aliphatic carbocycles. The molecule has 0 radical (unpaired) electrons. The maximum absolute atomic E-state index is 11.7. The van der Waals surface area contributed by atoms with Gasteiger partial charge in [-0.3, -0.25) is 20.4 Å². The van der Waals surface area contributed by atoms with E-state index in [-0.39, 0.29) is 6.61 Å². The summed E-state index contributed by atoms with van der Waals surface area (Å²) in [4.78, 5) is 23.4. The van der Waals surface area contributed by atoms with Gasteiger partial charge < -0.3 is 4.74 Å². The average molecular weight is 403 g/mol. The van der Waals surface area contributed by atoms with Crippen LogP contribution in [-0.2, 0) is 9.59 Å². The van der Waals surface area contributed by atoms with Crippen LogP contribution in [0.4, 0.5) is 0 Å². The lowest BCUT2D eigenvalue weighted by Crippen LogP contribution is -2.43. The van der Waals surface area contributed by atoms with Crippen molar-refractivity contribution in [1.82, 2.24) is 10.9 Å². The Balaban J connectivity index is 1.76. The Morgan fingerprint density at radius 2 is 1.80 bits per heavy atom. The first-order chi connectivity index (χ1) is 11.9. The van der Waals surface area contributed by atoms with Gasteiger partial charge in [0, 0.05) is 10.5 Å². The number of carbonyl (C=O) groups excluding carboxylic acids is 2. The predicted molar refractivity (Wildman–Crippen MR) is 101 cm³/mol. The second-order valence-corrected chi connectivity index (χ2v) is 6.45. The van der Waals surface area contributed by atoms with Crippen molar-refractivity contribution in [1.29, 1.82) is 0 Å². The Hall–Kier alpha value is -2.60. The summed E-state index contributed by atoms with van der Waals surface area (Å²) in [5, 5.41) is 0. The monoisotopic (exact) mass is 402 g/mol. The average Bonchev–Trinajstić information content (AvgIpc) is 2.55. The van der Waals surface area contributed by atoms with Gasteiger partial charge in [-0.1, -0.05) is 34.1 Å². The molecule has 0 atom stereocenters. The molecule has 0 spiro atoms. The van der Waals surface area contributed by atoms with Crippen molar-refractivity contribution in [3.05, 3.63) is 69.7 Å². The second-order valence-electron chi connectivity index (χ2n) is 5.54. The largest absolute Gasteiger partial charge is 0.484 e. The Labute approximate surface area is 155 Å². The fraction of sp³-hybridized carbons (Fsp3) is 0.158. The number of ether oxygens (including phenoxy) is 1. The summed E-state index contributed by atoms with van der Waals surface area (Å²) in [6.07, 6.45) is 2.99. The van der Waals surface area contributed by atoms with Crippen molar-refractivity contribution in [3.8, 4) is 5.75 Å². The highest BCUT2D eigenvalue weighted by molar-refractivity contribution is 9.10. The van der Waals surface area contributed by atoms with Crippen molar-refractivity contribution in [2.24, 2.45) is 0 Å². The Kier molecular flexibility index (Phi) is 6.77. The van der Waals surface area contributed by atoms with E-state index < -0.39 is 11.8 Å². The third-order valence-electron chi connectivity index (χ3n) is 3.17. The van der Waals surface area contributed by atoms with Crippen LogP contribution < -0.4 is 15.6 Å². The van der Waals surface area contributed by atoms with Gasteiger partial charge in [-0.25, -0.2) is 0 Å². The van der Waals surface area contributed by atoms with Crippen LogP contribution in [0.1, 0.15) is 16.7 Å². The summed E-state index contributed by atoms with van der Waals surface area (Å²) >= 11 is 3.36. The predicted octanol–water partition coefficient (Wildman–Crippen LogP) is 3.31. The molecule has 2 rings (SSSR count). The van der Waals surface area contributed by atoms with Gasteiger partial charge in [0.25, 0.3) is 11.8 Å². The summed E-state index contributed by atoms with van der Waals surface area (Å²) in [5.74, 6) is -0.253. The Morgan fingerprint density at radius 3 is 2.48 bits per heavy atom. The van der Waals surface area contributed by atoms with Gasteiger partial charge in [-0.15, -0.1) is 0 Å². The van der Waals surface area contributed by atoms with E-state index in [2.05, 4.69) is 26.8 Å². The minimum absolute atomic E-state index is 0.182. The number of nitrogens with one attached hydrogen (secondary N) is 2. The molecule has 2 amide bonds. The van der Waals surface area contributed by atoms with Gasteiger partial charge in [0.2, 0.25) is 0 Å². The molecular formula is C19H19BrN2O3. The van der Waals surface area contributed by atoms with E-state index in [1.807, 2.05) is 56.3 Å². The third kappa shape index (κ3) is 6.81. The standard InChI is InChI=1S/C19H19BrN2O3/c1-13-8-14(2)10-17(9-13)25-12-19(24)22-21-18(23)7-6-15-4-3-5-16(20)11-15/h3-11H,12H2,1-2H3,(H,21,23)(H,22,24)/b7-6+. The molecule has 0 unspecified atom stereocenters. The molecule has 0 aliphatic heterocycles. The zero-order valence-corrected chi connectivity index (χ0v) is 15.6. The van der Waals surface area contributed by atoms with Crippen molar-refractivity contribution < 1.29 is 14.3 Å². The van der Waals surface area contributed by atoms with E-state index >= 15 is 0 Å². The maximum atomic E-state index is 11.7. The Morgan fingerprint density at radius 1 is 1.08 bits per heavy atom. The van der Waals surface area contributed by atoms with E-state index in [0.29, 0.717) is 5.75 Å². The van der Waals surface area contributed by atoms with Gasteiger partial charge in [0.15, 0.2) is 6.61 Å².